The molecular weight excluding hydrogens is 236 g/mol. The Balaban J connectivity index is 1.72. The SMILES string of the molecule is CN(CCCOc1ccccc1)c1ccc(N)cc1. The highest BCUT2D eigenvalue weighted by Gasteiger charge is 2.00. The van der Waals surface area contributed by atoms with Crippen molar-refractivity contribution in [3.8, 4) is 5.75 Å². The highest BCUT2D eigenvalue weighted by atomic mass is 16.5. The molecular formula is C16H20N2O. The first-order valence-corrected chi connectivity index (χ1v) is 6.50. The number of nitrogens with two attached hydrogens (primary N) is 1. The molecule has 3 nitrogen and oxygen atoms in total. The summed E-state index contributed by atoms with van der Waals surface area (Å²) in [5.41, 5.74) is 7.65. The van der Waals surface area contributed by atoms with E-state index in [1.165, 1.54) is 5.69 Å². The van der Waals surface area contributed by atoms with Gasteiger partial charge in [0, 0.05) is 25.0 Å². The third-order valence-corrected chi connectivity index (χ3v) is 2.98. The highest BCUT2D eigenvalue weighted by Crippen LogP contribution is 2.15. The van der Waals surface area contributed by atoms with E-state index in [-0.39, 0.29) is 0 Å². The number of hydrogen-bond donors (Lipinski definition) is 1. The summed E-state index contributed by atoms with van der Waals surface area (Å²) >= 11 is 0. The zero-order valence-electron chi connectivity index (χ0n) is 11.3. The second kappa shape index (κ2) is 6.69. The van der Waals surface area contributed by atoms with Crippen LogP contribution in [-0.4, -0.2) is 20.2 Å². The van der Waals surface area contributed by atoms with Crippen LogP contribution in [0.25, 0.3) is 0 Å². The van der Waals surface area contributed by atoms with Crippen molar-refractivity contribution in [3.05, 3.63) is 54.6 Å². The molecule has 2 aromatic rings. The third-order valence-electron chi connectivity index (χ3n) is 2.98. The first kappa shape index (κ1) is 13.3. The Kier molecular flexibility index (Phi) is 4.67. The average Bonchev–Trinajstić information content (AvgIpc) is 2.45. The molecule has 0 aliphatic heterocycles. The Hall–Kier alpha value is -2.16. The highest BCUT2D eigenvalue weighted by molar-refractivity contribution is 5.52. The topological polar surface area (TPSA) is 38.5 Å². The monoisotopic (exact) mass is 256 g/mol. The molecule has 0 heterocycles. The maximum atomic E-state index is 5.67. The number of rotatable bonds is 6. The largest absolute Gasteiger partial charge is 0.494 e. The molecule has 0 saturated carbocycles. The third kappa shape index (κ3) is 4.21. The summed E-state index contributed by atoms with van der Waals surface area (Å²) in [5.74, 6) is 0.928. The van der Waals surface area contributed by atoms with Crippen molar-refractivity contribution in [2.45, 2.75) is 6.42 Å². The van der Waals surface area contributed by atoms with Gasteiger partial charge in [-0.3, -0.25) is 0 Å². The van der Waals surface area contributed by atoms with Crippen molar-refractivity contribution >= 4 is 11.4 Å². The van der Waals surface area contributed by atoms with Gasteiger partial charge in [0.25, 0.3) is 0 Å². The van der Waals surface area contributed by atoms with Gasteiger partial charge in [-0.1, -0.05) is 18.2 Å². The Labute approximate surface area is 114 Å². The fourth-order valence-electron chi connectivity index (χ4n) is 1.87. The second-order valence-electron chi connectivity index (χ2n) is 4.53. The maximum Gasteiger partial charge on any atom is 0.119 e. The fraction of sp³-hybridized carbons (Fsp3) is 0.250. The minimum absolute atomic E-state index is 0.726. The van der Waals surface area contributed by atoms with E-state index in [9.17, 15) is 0 Å². The molecule has 0 radical (unpaired) electrons. The van der Waals surface area contributed by atoms with Crippen LogP contribution in [-0.2, 0) is 0 Å². The maximum absolute atomic E-state index is 5.67. The predicted octanol–water partition coefficient (Wildman–Crippen LogP) is 3.17. The predicted molar refractivity (Wildman–Crippen MR) is 80.7 cm³/mol. The first-order chi connectivity index (χ1) is 9.25. The van der Waals surface area contributed by atoms with E-state index < -0.39 is 0 Å². The van der Waals surface area contributed by atoms with Crippen LogP contribution in [0.15, 0.2) is 54.6 Å². The molecule has 0 fully saturated rings. The molecule has 0 atom stereocenters. The Morgan fingerprint density at radius 1 is 1.00 bits per heavy atom. The zero-order valence-corrected chi connectivity index (χ0v) is 11.3. The lowest BCUT2D eigenvalue weighted by Crippen LogP contribution is -2.20. The number of nitrogen functional groups attached to an aromatic ring is 1. The molecule has 0 spiro atoms. The van der Waals surface area contributed by atoms with E-state index in [2.05, 4.69) is 11.9 Å². The van der Waals surface area contributed by atoms with Gasteiger partial charge in [0.2, 0.25) is 0 Å². The van der Waals surface area contributed by atoms with Gasteiger partial charge in [0.05, 0.1) is 6.61 Å². The number of ether oxygens (including phenoxy) is 1. The Morgan fingerprint density at radius 2 is 1.68 bits per heavy atom. The second-order valence-corrected chi connectivity index (χ2v) is 4.53. The van der Waals surface area contributed by atoms with E-state index in [1.54, 1.807) is 0 Å². The summed E-state index contributed by atoms with van der Waals surface area (Å²) in [6.07, 6.45) is 0.982. The fourth-order valence-corrected chi connectivity index (χ4v) is 1.87. The van der Waals surface area contributed by atoms with E-state index in [0.717, 1.165) is 31.0 Å². The zero-order chi connectivity index (χ0) is 13.5. The number of nitrogens with zero attached hydrogens (tertiary/aromatic N) is 1. The normalized spacial score (nSPS) is 10.2. The van der Waals surface area contributed by atoms with Crippen LogP contribution >= 0.6 is 0 Å². The van der Waals surface area contributed by atoms with Crippen LogP contribution in [0, 0.1) is 0 Å². The lowest BCUT2D eigenvalue weighted by molar-refractivity contribution is 0.312. The van der Waals surface area contributed by atoms with Crippen LogP contribution in [0.4, 0.5) is 11.4 Å². The molecule has 2 N–H and O–H groups in total. The molecule has 0 bridgehead atoms. The molecule has 0 amide bonds. The van der Waals surface area contributed by atoms with Crippen LogP contribution in [0.2, 0.25) is 0 Å². The van der Waals surface area contributed by atoms with E-state index in [1.807, 2.05) is 54.6 Å². The minimum atomic E-state index is 0.726. The molecule has 0 aromatic heterocycles. The lowest BCUT2D eigenvalue weighted by Gasteiger charge is -2.19. The van der Waals surface area contributed by atoms with Crippen molar-refractivity contribution in [1.29, 1.82) is 0 Å². The van der Waals surface area contributed by atoms with E-state index in [4.69, 9.17) is 10.5 Å². The van der Waals surface area contributed by atoms with Crippen molar-refractivity contribution in [3.63, 3.8) is 0 Å². The van der Waals surface area contributed by atoms with Crippen LogP contribution in [0.1, 0.15) is 6.42 Å². The molecule has 0 saturated heterocycles. The van der Waals surface area contributed by atoms with E-state index in [0.29, 0.717) is 0 Å². The summed E-state index contributed by atoms with van der Waals surface area (Å²) in [7, 11) is 2.08. The van der Waals surface area contributed by atoms with Crippen molar-refractivity contribution in [2.24, 2.45) is 0 Å². The van der Waals surface area contributed by atoms with Gasteiger partial charge >= 0.3 is 0 Å². The first-order valence-electron chi connectivity index (χ1n) is 6.50. The van der Waals surface area contributed by atoms with Gasteiger partial charge in [-0.15, -0.1) is 0 Å². The molecule has 0 aliphatic rings. The number of anilines is 2. The Morgan fingerprint density at radius 3 is 2.37 bits per heavy atom. The van der Waals surface area contributed by atoms with Crippen LogP contribution in [0.3, 0.4) is 0 Å². The molecule has 0 aliphatic carbocycles. The molecule has 2 rings (SSSR count). The number of benzene rings is 2. The molecule has 2 aromatic carbocycles. The van der Waals surface area contributed by atoms with Gasteiger partial charge in [0.15, 0.2) is 0 Å². The average molecular weight is 256 g/mol. The minimum Gasteiger partial charge on any atom is -0.494 e. The van der Waals surface area contributed by atoms with E-state index >= 15 is 0 Å². The van der Waals surface area contributed by atoms with Crippen molar-refractivity contribution in [1.82, 2.24) is 0 Å². The van der Waals surface area contributed by atoms with Crippen molar-refractivity contribution < 1.29 is 4.74 Å². The smallest absolute Gasteiger partial charge is 0.119 e. The van der Waals surface area contributed by atoms with Gasteiger partial charge in [-0.05, 0) is 42.8 Å². The summed E-state index contributed by atoms with van der Waals surface area (Å²) < 4.78 is 5.66. The summed E-state index contributed by atoms with van der Waals surface area (Å²) in [5, 5.41) is 0. The lowest BCUT2D eigenvalue weighted by atomic mass is 10.2. The Bertz CT molecular complexity index is 482. The van der Waals surface area contributed by atoms with Gasteiger partial charge in [0.1, 0.15) is 5.75 Å². The quantitative estimate of drug-likeness (QED) is 0.637. The summed E-state index contributed by atoms with van der Waals surface area (Å²) in [4.78, 5) is 2.20. The standard InChI is InChI=1S/C16H20N2O/c1-18(15-10-8-14(17)9-11-15)12-5-13-19-16-6-3-2-4-7-16/h2-4,6-11H,5,12-13,17H2,1H3. The van der Waals surface area contributed by atoms with Gasteiger partial charge in [-0.25, -0.2) is 0 Å². The van der Waals surface area contributed by atoms with Crippen LogP contribution in [0.5, 0.6) is 5.75 Å². The van der Waals surface area contributed by atoms with Crippen LogP contribution < -0.4 is 15.4 Å². The van der Waals surface area contributed by atoms with Crippen molar-refractivity contribution in [2.75, 3.05) is 30.8 Å². The van der Waals surface area contributed by atoms with Gasteiger partial charge in [-0.2, -0.15) is 0 Å². The number of para-hydroxylation sites is 1. The summed E-state index contributed by atoms with van der Waals surface area (Å²) in [6, 6.07) is 17.8. The van der Waals surface area contributed by atoms with Gasteiger partial charge < -0.3 is 15.4 Å². The molecule has 3 heteroatoms. The molecule has 0 unspecified atom stereocenters. The summed E-state index contributed by atoms with van der Waals surface area (Å²) in [6.45, 7) is 1.68. The number of hydrogen-bond acceptors (Lipinski definition) is 3. The molecule has 19 heavy (non-hydrogen) atoms. The molecule has 100 valence electrons.